The molecular weight excluding hydrogens is 568 g/mol. The van der Waals surface area contributed by atoms with Crippen LogP contribution in [0.4, 0.5) is 11.4 Å². The summed E-state index contributed by atoms with van der Waals surface area (Å²) in [5.74, 6) is 1.48. The van der Waals surface area contributed by atoms with Crippen LogP contribution in [0.3, 0.4) is 0 Å². The topological polar surface area (TPSA) is 105 Å². The summed E-state index contributed by atoms with van der Waals surface area (Å²) in [7, 11) is 0. The van der Waals surface area contributed by atoms with Crippen molar-refractivity contribution in [1.82, 2.24) is 0 Å². The van der Waals surface area contributed by atoms with Gasteiger partial charge in [-0.15, -0.1) is 0 Å². The van der Waals surface area contributed by atoms with Crippen LogP contribution in [0, 0.1) is 20.2 Å². The fraction of sp³-hybridized carbons (Fsp3) is 0.0270. The minimum atomic E-state index is -0.406. The lowest BCUT2D eigenvalue weighted by molar-refractivity contribution is -0.385. The van der Waals surface area contributed by atoms with Gasteiger partial charge in [0.1, 0.15) is 11.5 Å². The van der Waals surface area contributed by atoms with E-state index in [4.69, 9.17) is 9.47 Å². The molecule has 0 aromatic heterocycles. The molecule has 8 nitrogen and oxygen atoms in total. The molecule has 0 saturated carbocycles. The molecule has 0 fully saturated rings. The molecule has 7 rings (SSSR count). The molecule has 0 radical (unpaired) electrons. The van der Waals surface area contributed by atoms with Gasteiger partial charge in [-0.25, -0.2) is 0 Å². The van der Waals surface area contributed by atoms with E-state index in [1.807, 2.05) is 60.7 Å². The van der Waals surface area contributed by atoms with Crippen molar-refractivity contribution < 1.29 is 19.3 Å². The Labute approximate surface area is 257 Å². The summed E-state index contributed by atoms with van der Waals surface area (Å²) in [5, 5.41) is 26.0. The number of non-ortho nitro benzene ring substituents is 2. The van der Waals surface area contributed by atoms with Crippen molar-refractivity contribution >= 4 is 57.2 Å². The molecule has 1 aliphatic rings. The van der Waals surface area contributed by atoms with Gasteiger partial charge in [0.25, 0.3) is 11.4 Å². The Kier molecular flexibility index (Phi) is 6.99. The Hall–Kier alpha value is -6.28. The second kappa shape index (κ2) is 11.4. The van der Waals surface area contributed by atoms with Crippen LogP contribution in [0.15, 0.2) is 109 Å². The summed E-state index contributed by atoms with van der Waals surface area (Å²) in [6, 6.07) is 33.4. The van der Waals surface area contributed by atoms with E-state index in [0.717, 1.165) is 66.4 Å². The fourth-order valence-electron chi connectivity index (χ4n) is 5.58. The highest BCUT2D eigenvalue weighted by Crippen LogP contribution is 2.47. The van der Waals surface area contributed by atoms with Crippen LogP contribution >= 0.6 is 0 Å². The summed E-state index contributed by atoms with van der Waals surface area (Å²) in [4.78, 5) is 21.1. The first-order valence-corrected chi connectivity index (χ1v) is 14.2. The van der Waals surface area contributed by atoms with Crippen molar-refractivity contribution in [2.45, 2.75) is 0 Å². The summed E-state index contributed by atoms with van der Waals surface area (Å²) in [5.41, 5.74) is 5.78. The monoisotopic (exact) mass is 592 g/mol. The normalized spacial score (nSPS) is 12.4. The van der Waals surface area contributed by atoms with Gasteiger partial charge < -0.3 is 9.47 Å². The average Bonchev–Trinajstić information content (AvgIpc) is 3.26. The number of hydrogen-bond donors (Lipinski definition) is 0. The molecule has 0 N–H and O–H groups in total. The second-order valence-corrected chi connectivity index (χ2v) is 10.6. The largest absolute Gasteiger partial charge is 0.457 e. The van der Waals surface area contributed by atoms with E-state index in [2.05, 4.69) is 24.3 Å². The third kappa shape index (κ3) is 5.48. The number of nitro benzene ring substituents is 2. The maximum Gasteiger partial charge on any atom is 0.269 e. The predicted octanol–water partition coefficient (Wildman–Crippen LogP) is 9.55. The molecule has 0 unspecified atom stereocenters. The molecule has 1 aliphatic heterocycles. The van der Waals surface area contributed by atoms with Gasteiger partial charge in [-0.2, -0.15) is 0 Å². The van der Waals surface area contributed by atoms with E-state index in [1.165, 1.54) is 24.3 Å². The molecule has 0 bridgehead atoms. The molecule has 0 amide bonds. The summed E-state index contributed by atoms with van der Waals surface area (Å²) in [6.45, 7) is 0.100. The molecule has 6 aromatic carbocycles. The SMILES string of the molecule is O=[N+]([O-])c1ccc(/C=C\c2ccc3c4c(ccc3c2)OCOc2ccc3cc(/C=C\c5ccc([N+](=O)[O-])cc5)ccc3c2-4)cc1. The van der Waals surface area contributed by atoms with Crippen LogP contribution in [-0.4, -0.2) is 16.6 Å². The van der Waals surface area contributed by atoms with Crippen molar-refractivity contribution in [2.75, 3.05) is 6.79 Å². The van der Waals surface area contributed by atoms with Crippen LogP contribution in [0.25, 0.3) is 57.0 Å². The summed E-state index contributed by atoms with van der Waals surface area (Å²) >= 11 is 0. The van der Waals surface area contributed by atoms with Crippen molar-refractivity contribution in [1.29, 1.82) is 0 Å². The zero-order valence-corrected chi connectivity index (χ0v) is 23.8. The van der Waals surface area contributed by atoms with Crippen LogP contribution < -0.4 is 9.47 Å². The first kappa shape index (κ1) is 27.5. The number of benzene rings is 6. The Balaban J connectivity index is 1.25. The van der Waals surface area contributed by atoms with E-state index < -0.39 is 9.85 Å². The van der Waals surface area contributed by atoms with E-state index in [-0.39, 0.29) is 18.2 Å². The van der Waals surface area contributed by atoms with Gasteiger partial charge in [0, 0.05) is 35.4 Å². The number of hydrogen-bond acceptors (Lipinski definition) is 6. The Bertz CT molecular complexity index is 2030. The molecular formula is C37H24N2O6. The number of nitrogens with zero attached hydrogens (tertiary/aromatic N) is 2. The molecule has 0 atom stereocenters. The van der Waals surface area contributed by atoms with Gasteiger partial charge >= 0.3 is 0 Å². The van der Waals surface area contributed by atoms with Gasteiger partial charge in [-0.3, -0.25) is 20.2 Å². The first-order chi connectivity index (χ1) is 21.9. The lowest BCUT2D eigenvalue weighted by atomic mass is 9.91. The first-order valence-electron chi connectivity index (χ1n) is 14.2. The number of fused-ring (bicyclic) bond motifs is 7. The van der Waals surface area contributed by atoms with E-state index in [1.54, 1.807) is 24.3 Å². The minimum Gasteiger partial charge on any atom is -0.457 e. The Morgan fingerprint density at radius 1 is 0.489 bits per heavy atom. The summed E-state index contributed by atoms with van der Waals surface area (Å²) in [6.07, 6.45) is 7.84. The number of ether oxygens (including phenoxy) is 2. The van der Waals surface area contributed by atoms with Gasteiger partial charge in [0.15, 0.2) is 0 Å². The highest BCUT2D eigenvalue weighted by molar-refractivity contribution is 6.10. The molecule has 0 aliphatic carbocycles. The molecule has 218 valence electrons. The third-order valence-corrected chi connectivity index (χ3v) is 7.83. The van der Waals surface area contributed by atoms with Crippen LogP contribution in [-0.2, 0) is 0 Å². The van der Waals surface area contributed by atoms with Crippen molar-refractivity contribution in [3.63, 3.8) is 0 Å². The van der Waals surface area contributed by atoms with Crippen molar-refractivity contribution in [2.24, 2.45) is 0 Å². The van der Waals surface area contributed by atoms with Crippen LogP contribution in [0.5, 0.6) is 11.5 Å². The maximum atomic E-state index is 11.0. The summed E-state index contributed by atoms with van der Waals surface area (Å²) < 4.78 is 12.1. The van der Waals surface area contributed by atoms with Gasteiger partial charge in [0.05, 0.1) is 9.85 Å². The highest BCUT2D eigenvalue weighted by atomic mass is 16.7. The van der Waals surface area contributed by atoms with Crippen molar-refractivity contribution in [3.05, 3.63) is 152 Å². The molecule has 1 heterocycles. The predicted molar refractivity (Wildman–Crippen MR) is 177 cm³/mol. The van der Waals surface area contributed by atoms with Crippen LogP contribution in [0.1, 0.15) is 22.3 Å². The van der Waals surface area contributed by atoms with Gasteiger partial charge in [-0.1, -0.05) is 60.7 Å². The van der Waals surface area contributed by atoms with Gasteiger partial charge in [-0.05, 0) is 92.3 Å². The average molecular weight is 593 g/mol. The molecule has 0 saturated heterocycles. The van der Waals surface area contributed by atoms with Crippen molar-refractivity contribution in [3.8, 4) is 22.6 Å². The molecule has 8 heteroatoms. The highest BCUT2D eigenvalue weighted by Gasteiger charge is 2.22. The van der Waals surface area contributed by atoms with Gasteiger partial charge in [0.2, 0.25) is 6.79 Å². The quantitative estimate of drug-likeness (QED) is 0.108. The number of nitro groups is 2. The molecule has 0 spiro atoms. The van der Waals surface area contributed by atoms with E-state index >= 15 is 0 Å². The smallest absolute Gasteiger partial charge is 0.269 e. The second-order valence-electron chi connectivity index (χ2n) is 10.6. The van der Waals surface area contributed by atoms with E-state index in [0.29, 0.717) is 0 Å². The zero-order valence-electron chi connectivity index (χ0n) is 23.8. The third-order valence-electron chi connectivity index (χ3n) is 7.83. The zero-order chi connectivity index (χ0) is 30.9. The Morgan fingerprint density at radius 3 is 1.27 bits per heavy atom. The maximum absolute atomic E-state index is 11.0. The standard InChI is InChI=1S/C37H24N2O6/c40-38(41)30-13-5-24(6-14-30)1-3-26-9-17-32-28(21-26)11-19-34-36(32)37-33-18-10-27(22-29(33)12-20-35(37)45-23-44-34)4-2-25-7-15-31(16-8-25)39(42)43/h1-22H,23H2/b3-1-,4-2-. The van der Waals surface area contributed by atoms with Crippen LogP contribution in [0.2, 0.25) is 0 Å². The Morgan fingerprint density at radius 2 is 0.867 bits per heavy atom. The lowest BCUT2D eigenvalue weighted by Crippen LogP contribution is -2.03. The van der Waals surface area contributed by atoms with E-state index in [9.17, 15) is 20.2 Å². The molecule has 6 aromatic rings. The lowest BCUT2D eigenvalue weighted by Gasteiger charge is -2.14. The molecule has 45 heavy (non-hydrogen) atoms. The fourth-order valence-corrected chi connectivity index (χ4v) is 5.58. The number of rotatable bonds is 6. The minimum absolute atomic E-state index is 0.0625.